The molecule has 0 aromatic heterocycles. The average molecular weight is 365 g/mol. The van der Waals surface area contributed by atoms with Crippen LogP contribution in [0.25, 0.3) is 0 Å². The number of carbonyl (C=O) groups is 1. The third-order valence-corrected chi connectivity index (χ3v) is 3.62. The molecule has 0 fully saturated rings. The molecular weight excluding hydrogens is 349 g/mol. The van der Waals surface area contributed by atoms with Gasteiger partial charge in [-0.1, -0.05) is 29.8 Å². The molecule has 3 heteroatoms. The van der Waals surface area contributed by atoms with Crippen molar-refractivity contribution in [2.75, 3.05) is 5.32 Å². The van der Waals surface area contributed by atoms with Gasteiger partial charge in [-0.15, -0.1) is 0 Å². The number of amides is 1. The Morgan fingerprint density at radius 1 is 1.11 bits per heavy atom. The summed E-state index contributed by atoms with van der Waals surface area (Å²) in [7, 11) is 0. The molecule has 0 bridgehead atoms. The van der Waals surface area contributed by atoms with Crippen molar-refractivity contribution in [3.8, 4) is 0 Å². The van der Waals surface area contributed by atoms with Crippen molar-refractivity contribution < 1.29 is 4.79 Å². The first kappa shape index (κ1) is 14.1. The van der Waals surface area contributed by atoms with E-state index in [1.54, 1.807) is 0 Å². The van der Waals surface area contributed by atoms with Crippen LogP contribution < -0.4 is 5.32 Å². The van der Waals surface area contributed by atoms with Crippen molar-refractivity contribution in [1.82, 2.24) is 0 Å². The van der Waals surface area contributed by atoms with Gasteiger partial charge in [0.2, 0.25) is 5.91 Å². The van der Waals surface area contributed by atoms with Crippen LogP contribution in [0.3, 0.4) is 0 Å². The molecule has 0 aliphatic carbocycles. The number of aryl methyl sites for hydroxylation is 2. The highest BCUT2D eigenvalue weighted by atomic mass is 127. The monoisotopic (exact) mass is 365 g/mol. The van der Waals surface area contributed by atoms with Crippen LogP contribution in [0.1, 0.15) is 16.7 Å². The molecule has 0 radical (unpaired) electrons. The molecular formula is C16H16INO. The van der Waals surface area contributed by atoms with Crippen molar-refractivity contribution in [2.45, 2.75) is 20.3 Å². The van der Waals surface area contributed by atoms with Crippen LogP contribution in [0.5, 0.6) is 0 Å². The van der Waals surface area contributed by atoms with Crippen LogP contribution in [0.2, 0.25) is 0 Å². The average Bonchev–Trinajstić information content (AvgIpc) is 2.36. The standard InChI is InChI=1S/C16H16INO/c1-11-3-5-13(6-4-11)10-16(19)18-15-8-7-14(17)9-12(15)2/h3-9H,10H2,1-2H3,(H,18,19). The molecule has 0 saturated carbocycles. The largest absolute Gasteiger partial charge is 0.326 e. The van der Waals surface area contributed by atoms with Gasteiger partial charge in [-0.05, 0) is 65.8 Å². The summed E-state index contributed by atoms with van der Waals surface area (Å²) in [4.78, 5) is 12.0. The summed E-state index contributed by atoms with van der Waals surface area (Å²) in [6.07, 6.45) is 0.408. The maximum absolute atomic E-state index is 12.0. The van der Waals surface area contributed by atoms with Gasteiger partial charge in [0.1, 0.15) is 0 Å². The van der Waals surface area contributed by atoms with E-state index < -0.39 is 0 Å². The second-order valence-corrected chi connectivity index (χ2v) is 5.92. The zero-order valence-electron chi connectivity index (χ0n) is 11.0. The van der Waals surface area contributed by atoms with Crippen LogP contribution >= 0.6 is 22.6 Å². The molecule has 98 valence electrons. The van der Waals surface area contributed by atoms with E-state index in [0.717, 1.165) is 16.8 Å². The highest BCUT2D eigenvalue weighted by Gasteiger charge is 2.06. The van der Waals surface area contributed by atoms with Gasteiger partial charge in [-0.25, -0.2) is 0 Å². The molecule has 2 rings (SSSR count). The first-order valence-corrected chi connectivity index (χ1v) is 7.24. The summed E-state index contributed by atoms with van der Waals surface area (Å²) in [6.45, 7) is 4.04. The molecule has 2 nitrogen and oxygen atoms in total. The van der Waals surface area contributed by atoms with Gasteiger partial charge in [0.15, 0.2) is 0 Å². The van der Waals surface area contributed by atoms with Gasteiger partial charge in [-0.3, -0.25) is 4.79 Å². The lowest BCUT2D eigenvalue weighted by atomic mass is 10.1. The summed E-state index contributed by atoms with van der Waals surface area (Å²) < 4.78 is 1.17. The fourth-order valence-electron chi connectivity index (χ4n) is 1.85. The minimum atomic E-state index is 0.0214. The Balaban J connectivity index is 2.03. The molecule has 0 atom stereocenters. The number of rotatable bonds is 3. The normalized spacial score (nSPS) is 10.3. The molecule has 1 N–H and O–H groups in total. The van der Waals surface area contributed by atoms with Gasteiger partial charge in [0, 0.05) is 9.26 Å². The molecule has 2 aromatic rings. The molecule has 0 aliphatic rings. The Bertz CT molecular complexity index is 590. The Hall–Kier alpha value is -1.36. The van der Waals surface area contributed by atoms with Crippen LogP contribution in [-0.4, -0.2) is 5.91 Å². The lowest BCUT2D eigenvalue weighted by molar-refractivity contribution is -0.115. The lowest BCUT2D eigenvalue weighted by Gasteiger charge is -2.09. The van der Waals surface area contributed by atoms with E-state index in [-0.39, 0.29) is 5.91 Å². The molecule has 0 saturated heterocycles. The van der Waals surface area contributed by atoms with Crippen LogP contribution in [0.4, 0.5) is 5.69 Å². The fraction of sp³-hybridized carbons (Fsp3) is 0.188. The molecule has 0 aliphatic heterocycles. The molecule has 19 heavy (non-hydrogen) atoms. The third-order valence-electron chi connectivity index (χ3n) is 2.95. The zero-order valence-corrected chi connectivity index (χ0v) is 13.2. The SMILES string of the molecule is Cc1ccc(CC(=O)Nc2ccc(I)cc2C)cc1. The Labute approximate surface area is 127 Å². The molecule has 0 spiro atoms. The number of hydrogen-bond acceptors (Lipinski definition) is 1. The van der Waals surface area contributed by atoms with Gasteiger partial charge in [0.05, 0.1) is 6.42 Å². The summed E-state index contributed by atoms with van der Waals surface area (Å²) >= 11 is 2.26. The van der Waals surface area contributed by atoms with Gasteiger partial charge >= 0.3 is 0 Å². The second kappa shape index (κ2) is 6.19. The summed E-state index contributed by atoms with van der Waals surface area (Å²) in [5, 5.41) is 2.96. The van der Waals surface area contributed by atoms with E-state index in [1.165, 1.54) is 9.13 Å². The predicted molar refractivity (Wildman–Crippen MR) is 87.4 cm³/mol. The van der Waals surface area contributed by atoms with Gasteiger partial charge < -0.3 is 5.32 Å². The van der Waals surface area contributed by atoms with E-state index in [9.17, 15) is 4.79 Å². The minimum Gasteiger partial charge on any atom is -0.326 e. The van der Waals surface area contributed by atoms with Gasteiger partial charge in [-0.2, -0.15) is 0 Å². The van der Waals surface area contributed by atoms with Crippen molar-refractivity contribution in [1.29, 1.82) is 0 Å². The number of benzene rings is 2. The van der Waals surface area contributed by atoms with Crippen molar-refractivity contribution in [3.05, 3.63) is 62.7 Å². The molecule has 0 heterocycles. The maximum Gasteiger partial charge on any atom is 0.228 e. The Morgan fingerprint density at radius 3 is 2.42 bits per heavy atom. The van der Waals surface area contributed by atoms with E-state index >= 15 is 0 Å². The molecule has 0 unspecified atom stereocenters. The Morgan fingerprint density at radius 2 is 1.79 bits per heavy atom. The number of hydrogen-bond donors (Lipinski definition) is 1. The van der Waals surface area contributed by atoms with Crippen molar-refractivity contribution >= 4 is 34.2 Å². The number of nitrogens with one attached hydrogen (secondary N) is 1. The highest BCUT2D eigenvalue weighted by Crippen LogP contribution is 2.18. The zero-order chi connectivity index (χ0) is 13.8. The van der Waals surface area contributed by atoms with Crippen molar-refractivity contribution in [3.63, 3.8) is 0 Å². The van der Waals surface area contributed by atoms with Crippen LogP contribution in [-0.2, 0) is 11.2 Å². The van der Waals surface area contributed by atoms with Crippen LogP contribution in [0, 0.1) is 17.4 Å². The third kappa shape index (κ3) is 4.06. The van der Waals surface area contributed by atoms with Crippen LogP contribution in [0.15, 0.2) is 42.5 Å². The first-order valence-electron chi connectivity index (χ1n) is 6.16. The topological polar surface area (TPSA) is 29.1 Å². The van der Waals surface area contributed by atoms with Crippen molar-refractivity contribution in [2.24, 2.45) is 0 Å². The van der Waals surface area contributed by atoms with E-state index in [4.69, 9.17) is 0 Å². The number of halogens is 1. The minimum absolute atomic E-state index is 0.0214. The number of anilines is 1. The summed E-state index contributed by atoms with van der Waals surface area (Å²) in [5.74, 6) is 0.0214. The smallest absolute Gasteiger partial charge is 0.228 e. The van der Waals surface area contributed by atoms with E-state index in [0.29, 0.717) is 6.42 Å². The van der Waals surface area contributed by atoms with E-state index in [1.807, 2.05) is 50.2 Å². The Kier molecular flexibility index (Phi) is 4.58. The maximum atomic E-state index is 12.0. The number of carbonyl (C=O) groups excluding carboxylic acids is 1. The summed E-state index contributed by atoms with van der Waals surface area (Å²) in [5.41, 5.74) is 4.21. The summed E-state index contributed by atoms with van der Waals surface area (Å²) in [6, 6.07) is 14.0. The fourth-order valence-corrected chi connectivity index (χ4v) is 2.50. The highest BCUT2D eigenvalue weighted by molar-refractivity contribution is 14.1. The lowest BCUT2D eigenvalue weighted by Crippen LogP contribution is -2.15. The van der Waals surface area contributed by atoms with E-state index in [2.05, 4.69) is 34.0 Å². The molecule has 2 aromatic carbocycles. The van der Waals surface area contributed by atoms with Gasteiger partial charge in [0.25, 0.3) is 0 Å². The predicted octanol–water partition coefficient (Wildman–Crippen LogP) is 4.09. The molecule has 1 amide bonds. The quantitative estimate of drug-likeness (QED) is 0.816. The first-order chi connectivity index (χ1) is 9.04. The second-order valence-electron chi connectivity index (χ2n) is 4.67.